The number of benzene rings is 2. The quantitative estimate of drug-likeness (QED) is 0.879. The standard InChI is InChI=1S/C17H22N2/c1-4-18-17(14-9-6-5-7-10-14)15-11-8-12-16(13-15)19(2)3/h5-13,17-18H,4H2,1-3H3. The van der Waals surface area contributed by atoms with Crippen LogP contribution in [0.1, 0.15) is 24.1 Å². The minimum atomic E-state index is 0.256. The van der Waals surface area contributed by atoms with E-state index in [1.807, 2.05) is 0 Å². The van der Waals surface area contributed by atoms with Crippen molar-refractivity contribution in [3.8, 4) is 0 Å². The molecule has 1 unspecified atom stereocenters. The van der Waals surface area contributed by atoms with E-state index in [0.717, 1.165) is 6.54 Å². The van der Waals surface area contributed by atoms with Crippen molar-refractivity contribution in [1.82, 2.24) is 5.32 Å². The largest absolute Gasteiger partial charge is 0.378 e. The molecule has 2 heteroatoms. The van der Waals surface area contributed by atoms with E-state index in [0.29, 0.717) is 0 Å². The Morgan fingerprint density at radius 1 is 0.947 bits per heavy atom. The van der Waals surface area contributed by atoms with Crippen molar-refractivity contribution in [2.24, 2.45) is 0 Å². The lowest BCUT2D eigenvalue weighted by atomic mass is 9.98. The molecule has 2 nitrogen and oxygen atoms in total. The van der Waals surface area contributed by atoms with E-state index in [1.54, 1.807) is 0 Å². The van der Waals surface area contributed by atoms with Gasteiger partial charge in [0.15, 0.2) is 0 Å². The van der Waals surface area contributed by atoms with Gasteiger partial charge in [-0.1, -0.05) is 49.4 Å². The van der Waals surface area contributed by atoms with Gasteiger partial charge in [0.1, 0.15) is 0 Å². The average Bonchev–Trinajstić information content (AvgIpc) is 2.46. The van der Waals surface area contributed by atoms with Crippen LogP contribution in [0.5, 0.6) is 0 Å². The molecule has 2 aromatic rings. The van der Waals surface area contributed by atoms with E-state index in [2.05, 4.69) is 85.8 Å². The zero-order valence-electron chi connectivity index (χ0n) is 11.9. The molecule has 0 aromatic heterocycles. The molecule has 0 heterocycles. The molecule has 0 aliphatic rings. The summed E-state index contributed by atoms with van der Waals surface area (Å²) < 4.78 is 0. The SMILES string of the molecule is CCNC(c1ccccc1)c1cccc(N(C)C)c1. The third kappa shape index (κ3) is 3.36. The predicted octanol–water partition coefficient (Wildman–Crippen LogP) is 3.45. The molecule has 0 amide bonds. The Hall–Kier alpha value is -1.80. The van der Waals surface area contributed by atoms with Gasteiger partial charge in [0, 0.05) is 19.8 Å². The molecule has 0 aliphatic heterocycles. The Kier molecular flexibility index (Phi) is 4.58. The summed E-state index contributed by atoms with van der Waals surface area (Å²) in [5.41, 5.74) is 3.84. The highest BCUT2D eigenvalue weighted by Crippen LogP contribution is 2.25. The fourth-order valence-corrected chi connectivity index (χ4v) is 2.26. The van der Waals surface area contributed by atoms with Gasteiger partial charge in [-0.25, -0.2) is 0 Å². The van der Waals surface area contributed by atoms with Gasteiger partial charge in [-0.3, -0.25) is 0 Å². The molecule has 0 saturated carbocycles. The second-order valence-corrected chi connectivity index (χ2v) is 4.89. The average molecular weight is 254 g/mol. The fraction of sp³-hybridized carbons (Fsp3) is 0.294. The minimum absolute atomic E-state index is 0.256. The Morgan fingerprint density at radius 2 is 1.63 bits per heavy atom. The first kappa shape index (κ1) is 13.6. The van der Waals surface area contributed by atoms with Crippen LogP contribution < -0.4 is 10.2 Å². The zero-order valence-corrected chi connectivity index (χ0v) is 11.9. The Labute approximate surface area is 116 Å². The predicted molar refractivity (Wildman–Crippen MR) is 82.7 cm³/mol. The molecule has 100 valence electrons. The Morgan fingerprint density at radius 3 is 2.26 bits per heavy atom. The summed E-state index contributed by atoms with van der Waals surface area (Å²) >= 11 is 0. The second kappa shape index (κ2) is 6.39. The van der Waals surface area contributed by atoms with Crippen LogP contribution in [0, 0.1) is 0 Å². The van der Waals surface area contributed by atoms with E-state index >= 15 is 0 Å². The monoisotopic (exact) mass is 254 g/mol. The van der Waals surface area contributed by atoms with Gasteiger partial charge in [-0.15, -0.1) is 0 Å². The molecule has 19 heavy (non-hydrogen) atoms. The van der Waals surface area contributed by atoms with Crippen molar-refractivity contribution >= 4 is 5.69 Å². The van der Waals surface area contributed by atoms with E-state index in [4.69, 9.17) is 0 Å². The number of hydrogen-bond acceptors (Lipinski definition) is 2. The highest BCUT2D eigenvalue weighted by Gasteiger charge is 2.13. The lowest BCUT2D eigenvalue weighted by molar-refractivity contribution is 0.630. The normalized spacial score (nSPS) is 12.2. The maximum atomic E-state index is 3.56. The van der Waals surface area contributed by atoms with Crippen LogP contribution in [0.25, 0.3) is 0 Å². The summed E-state index contributed by atoms with van der Waals surface area (Å²) in [4.78, 5) is 2.14. The van der Waals surface area contributed by atoms with Gasteiger partial charge in [-0.2, -0.15) is 0 Å². The molecule has 2 rings (SSSR count). The van der Waals surface area contributed by atoms with Gasteiger partial charge < -0.3 is 10.2 Å². The Bertz CT molecular complexity index is 506. The summed E-state index contributed by atoms with van der Waals surface area (Å²) in [5, 5.41) is 3.56. The summed E-state index contributed by atoms with van der Waals surface area (Å²) in [6.45, 7) is 3.09. The molecule has 1 atom stereocenters. The third-order valence-electron chi connectivity index (χ3n) is 3.26. The minimum Gasteiger partial charge on any atom is -0.378 e. The summed E-state index contributed by atoms with van der Waals surface area (Å²) in [5.74, 6) is 0. The van der Waals surface area contributed by atoms with Crippen molar-refractivity contribution in [2.45, 2.75) is 13.0 Å². The number of nitrogens with zero attached hydrogens (tertiary/aromatic N) is 1. The summed E-state index contributed by atoms with van der Waals surface area (Å²) in [7, 11) is 4.15. The van der Waals surface area contributed by atoms with Gasteiger partial charge in [-0.05, 0) is 29.8 Å². The molecule has 0 radical (unpaired) electrons. The number of nitrogens with one attached hydrogen (secondary N) is 1. The molecule has 0 bridgehead atoms. The second-order valence-electron chi connectivity index (χ2n) is 4.89. The van der Waals surface area contributed by atoms with Crippen LogP contribution in [0.3, 0.4) is 0 Å². The summed E-state index contributed by atoms with van der Waals surface area (Å²) in [6, 6.07) is 19.5. The zero-order chi connectivity index (χ0) is 13.7. The van der Waals surface area contributed by atoms with E-state index < -0.39 is 0 Å². The lowest BCUT2D eigenvalue weighted by Gasteiger charge is -2.21. The van der Waals surface area contributed by atoms with Crippen molar-refractivity contribution in [3.05, 3.63) is 65.7 Å². The van der Waals surface area contributed by atoms with Crippen LogP contribution in [-0.4, -0.2) is 20.6 Å². The van der Waals surface area contributed by atoms with Gasteiger partial charge in [0.05, 0.1) is 6.04 Å². The number of rotatable bonds is 5. The van der Waals surface area contributed by atoms with Crippen LogP contribution >= 0.6 is 0 Å². The van der Waals surface area contributed by atoms with E-state index in [-0.39, 0.29) is 6.04 Å². The molecule has 2 aromatic carbocycles. The van der Waals surface area contributed by atoms with Crippen LogP contribution in [0.4, 0.5) is 5.69 Å². The molecular weight excluding hydrogens is 232 g/mol. The van der Waals surface area contributed by atoms with Crippen molar-refractivity contribution < 1.29 is 0 Å². The molecule has 0 fully saturated rings. The maximum absolute atomic E-state index is 3.56. The van der Waals surface area contributed by atoms with E-state index in [9.17, 15) is 0 Å². The molecule has 0 aliphatic carbocycles. The van der Waals surface area contributed by atoms with Gasteiger partial charge in [0.2, 0.25) is 0 Å². The summed E-state index contributed by atoms with van der Waals surface area (Å²) in [6.07, 6.45) is 0. The highest BCUT2D eigenvalue weighted by molar-refractivity contribution is 5.49. The van der Waals surface area contributed by atoms with Crippen LogP contribution in [0.2, 0.25) is 0 Å². The first-order valence-corrected chi connectivity index (χ1v) is 6.78. The van der Waals surface area contributed by atoms with Gasteiger partial charge >= 0.3 is 0 Å². The molecular formula is C17H22N2. The van der Waals surface area contributed by atoms with Crippen molar-refractivity contribution in [3.63, 3.8) is 0 Å². The third-order valence-corrected chi connectivity index (χ3v) is 3.26. The first-order chi connectivity index (χ1) is 9.22. The topological polar surface area (TPSA) is 15.3 Å². The smallest absolute Gasteiger partial charge is 0.0577 e. The van der Waals surface area contributed by atoms with Crippen LogP contribution in [-0.2, 0) is 0 Å². The van der Waals surface area contributed by atoms with Crippen molar-refractivity contribution in [2.75, 3.05) is 25.5 Å². The first-order valence-electron chi connectivity index (χ1n) is 6.78. The highest BCUT2D eigenvalue weighted by atomic mass is 15.1. The molecule has 0 saturated heterocycles. The maximum Gasteiger partial charge on any atom is 0.0577 e. The number of hydrogen-bond donors (Lipinski definition) is 1. The van der Waals surface area contributed by atoms with Crippen molar-refractivity contribution in [1.29, 1.82) is 0 Å². The van der Waals surface area contributed by atoms with E-state index in [1.165, 1.54) is 16.8 Å². The lowest BCUT2D eigenvalue weighted by Crippen LogP contribution is -2.22. The van der Waals surface area contributed by atoms with Gasteiger partial charge in [0.25, 0.3) is 0 Å². The van der Waals surface area contributed by atoms with Crippen LogP contribution in [0.15, 0.2) is 54.6 Å². The number of anilines is 1. The Balaban J connectivity index is 2.36. The molecule has 0 spiro atoms. The fourth-order valence-electron chi connectivity index (χ4n) is 2.26. The molecule has 1 N–H and O–H groups in total.